The van der Waals surface area contributed by atoms with Crippen LogP contribution in [-0.2, 0) is 33.4 Å². The molecule has 1 saturated heterocycles. The number of rotatable bonds is 5. The van der Waals surface area contributed by atoms with Crippen molar-refractivity contribution >= 4 is 21.7 Å². The number of sulfonamides is 1. The molecule has 17 heteroatoms. The molecule has 2 aromatic carbocycles. The quantitative estimate of drug-likeness (QED) is 0.383. The van der Waals surface area contributed by atoms with Crippen molar-refractivity contribution in [2.75, 3.05) is 18.4 Å². The lowest BCUT2D eigenvalue weighted by atomic mass is 10.1. The van der Waals surface area contributed by atoms with Gasteiger partial charge < -0.3 is 5.32 Å². The molecule has 7 nitrogen and oxygen atoms in total. The molecule has 37 heavy (non-hydrogen) atoms. The normalized spacial score (nSPS) is 17.6. The van der Waals surface area contributed by atoms with Crippen LogP contribution >= 0.6 is 0 Å². The largest absolute Gasteiger partial charge is 0.416 e. The summed E-state index contributed by atoms with van der Waals surface area (Å²) in [6, 6.07) is 2.10. The summed E-state index contributed by atoms with van der Waals surface area (Å²) in [6.45, 7) is -0.601. The van der Waals surface area contributed by atoms with Gasteiger partial charge in [0.05, 0.1) is 21.6 Å². The summed E-state index contributed by atoms with van der Waals surface area (Å²) in [5.74, 6) is 0. The summed E-state index contributed by atoms with van der Waals surface area (Å²) in [7, 11) is -4.37. The van der Waals surface area contributed by atoms with Gasteiger partial charge in [0.2, 0.25) is 10.0 Å². The minimum absolute atomic E-state index is 0.0275. The first-order valence-corrected chi connectivity index (χ1v) is 11.5. The molecule has 1 heterocycles. The maximum Gasteiger partial charge on any atom is 0.416 e. The van der Waals surface area contributed by atoms with Crippen LogP contribution in [0.3, 0.4) is 0 Å². The number of carbonyl (C=O) groups is 1. The molecule has 1 aliphatic rings. The number of carbonyl (C=O) groups excluding carboxylic acids is 1. The van der Waals surface area contributed by atoms with Crippen LogP contribution in [0.5, 0.6) is 0 Å². The first-order chi connectivity index (χ1) is 16.9. The molecule has 0 aromatic heterocycles. The molecular formula is C20H16F9N3O4S. The summed E-state index contributed by atoms with van der Waals surface area (Å²) in [4.78, 5) is 16.3. The molecule has 0 radical (unpaired) electrons. The highest BCUT2D eigenvalue weighted by Crippen LogP contribution is 2.37. The minimum Gasteiger partial charge on any atom is -0.306 e. The number of urea groups is 1. The average Bonchev–Trinajstić information content (AvgIpc) is 3.26. The fourth-order valence-corrected chi connectivity index (χ4v) is 4.85. The van der Waals surface area contributed by atoms with Crippen LogP contribution in [0, 0.1) is 0 Å². The van der Waals surface area contributed by atoms with Crippen molar-refractivity contribution in [1.29, 1.82) is 0 Å². The SMILES string of the molecule is O=C(NO[C@@H]1CCN(S(=O)(=O)c2cccc(C(F)(F)F)c2)C1)Nc1cc(C(F)(F)F)cc(C(F)(F)F)c1. The lowest BCUT2D eigenvalue weighted by Crippen LogP contribution is -2.36. The number of halogens is 9. The molecule has 2 aromatic rings. The van der Waals surface area contributed by atoms with E-state index in [1.807, 2.05) is 0 Å². The Hall–Kier alpha value is -3.05. The van der Waals surface area contributed by atoms with Crippen molar-refractivity contribution in [1.82, 2.24) is 9.79 Å². The van der Waals surface area contributed by atoms with E-state index in [1.54, 1.807) is 10.8 Å². The van der Waals surface area contributed by atoms with Crippen molar-refractivity contribution in [3.8, 4) is 0 Å². The molecular weight excluding hydrogens is 549 g/mol. The van der Waals surface area contributed by atoms with Gasteiger partial charge in [-0.2, -0.15) is 43.8 Å². The number of anilines is 1. The van der Waals surface area contributed by atoms with E-state index in [4.69, 9.17) is 4.84 Å². The lowest BCUT2D eigenvalue weighted by molar-refractivity contribution is -0.143. The van der Waals surface area contributed by atoms with E-state index in [1.165, 1.54) is 0 Å². The van der Waals surface area contributed by atoms with E-state index < -0.39 is 74.5 Å². The standard InChI is InChI=1S/C20H16F9N3O4S/c21-18(22,23)11-2-1-3-16(9-11)37(34,35)32-5-4-15(10-32)36-31-17(33)30-14-7-12(19(24,25)26)6-13(8-14)20(27,28)29/h1-3,6-9,15H,4-5,10H2,(H2,30,31,33)/t15-/m1/s1. The zero-order valence-electron chi connectivity index (χ0n) is 18.1. The van der Waals surface area contributed by atoms with Crippen LogP contribution in [0.4, 0.5) is 50.0 Å². The van der Waals surface area contributed by atoms with Gasteiger partial charge in [-0.05, 0) is 42.8 Å². The monoisotopic (exact) mass is 565 g/mol. The molecule has 0 bridgehead atoms. The van der Waals surface area contributed by atoms with Crippen molar-refractivity contribution in [3.05, 3.63) is 59.2 Å². The number of alkyl halides is 9. The third-order valence-electron chi connectivity index (χ3n) is 5.07. The van der Waals surface area contributed by atoms with Crippen molar-refractivity contribution in [2.24, 2.45) is 0 Å². The first kappa shape index (κ1) is 28.5. The maximum atomic E-state index is 12.9. The van der Waals surface area contributed by atoms with E-state index in [-0.39, 0.29) is 31.2 Å². The number of hydroxylamine groups is 1. The second-order valence-electron chi connectivity index (χ2n) is 7.77. The predicted molar refractivity (Wildman–Crippen MR) is 108 cm³/mol. The maximum absolute atomic E-state index is 12.9. The van der Waals surface area contributed by atoms with Crippen molar-refractivity contribution < 1.29 is 57.6 Å². The highest BCUT2D eigenvalue weighted by atomic mass is 32.2. The van der Waals surface area contributed by atoms with E-state index in [9.17, 15) is 52.7 Å². The summed E-state index contributed by atoms with van der Waals surface area (Å²) in [6.07, 6.45) is -16.1. The number of amides is 2. The highest BCUT2D eigenvalue weighted by molar-refractivity contribution is 7.89. The van der Waals surface area contributed by atoms with Gasteiger partial charge in [0.25, 0.3) is 0 Å². The Balaban J connectivity index is 1.63. The molecule has 1 fully saturated rings. The number of nitrogens with one attached hydrogen (secondary N) is 2. The molecule has 0 spiro atoms. The van der Waals surface area contributed by atoms with Crippen LogP contribution in [0.25, 0.3) is 0 Å². The number of hydrogen-bond acceptors (Lipinski definition) is 4. The third-order valence-corrected chi connectivity index (χ3v) is 6.93. The molecule has 2 amide bonds. The number of hydrogen-bond donors (Lipinski definition) is 2. The number of benzene rings is 2. The van der Waals surface area contributed by atoms with Crippen LogP contribution in [0.15, 0.2) is 47.4 Å². The van der Waals surface area contributed by atoms with Crippen LogP contribution in [0.1, 0.15) is 23.1 Å². The minimum atomic E-state index is -5.14. The number of nitrogens with zero attached hydrogens (tertiary/aromatic N) is 1. The van der Waals surface area contributed by atoms with Crippen molar-refractivity contribution in [3.63, 3.8) is 0 Å². The topological polar surface area (TPSA) is 87.7 Å². The predicted octanol–water partition coefficient (Wildman–Crippen LogP) is 5.26. The van der Waals surface area contributed by atoms with Gasteiger partial charge in [-0.1, -0.05) is 6.07 Å². The third kappa shape index (κ3) is 7.04. The van der Waals surface area contributed by atoms with Crippen LogP contribution in [0.2, 0.25) is 0 Å². The molecule has 0 unspecified atom stereocenters. The Kier molecular flexibility index (Phi) is 7.72. The van der Waals surface area contributed by atoms with Gasteiger partial charge >= 0.3 is 24.6 Å². The Labute approximate surface area is 203 Å². The molecule has 0 saturated carbocycles. The summed E-state index contributed by atoms with van der Waals surface area (Å²) in [5, 5.41) is 1.77. The van der Waals surface area contributed by atoms with Crippen molar-refractivity contribution in [2.45, 2.75) is 35.9 Å². The van der Waals surface area contributed by atoms with Crippen LogP contribution < -0.4 is 10.8 Å². The Morgan fingerprint density at radius 3 is 1.97 bits per heavy atom. The second-order valence-corrected chi connectivity index (χ2v) is 9.71. The summed E-state index contributed by atoms with van der Waals surface area (Å²) in [5.41, 5.74) is -3.60. The molecule has 3 rings (SSSR count). The van der Waals surface area contributed by atoms with Gasteiger partial charge in [-0.25, -0.2) is 18.7 Å². The smallest absolute Gasteiger partial charge is 0.306 e. The fraction of sp³-hybridized carbons (Fsp3) is 0.350. The lowest BCUT2D eigenvalue weighted by Gasteiger charge is -2.18. The zero-order chi connectivity index (χ0) is 27.8. The molecule has 0 aliphatic carbocycles. The Morgan fingerprint density at radius 2 is 1.43 bits per heavy atom. The van der Waals surface area contributed by atoms with E-state index in [0.717, 1.165) is 16.4 Å². The van der Waals surface area contributed by atoms with E-state index in [0.29, 0.717) is 12.1 Å². The first-order valence-electron chi connectivity index (χ1n) is 10.1. The Morgan fingerprint density at radius 1 is 0.865 bits per heavy atom. The highest BCUT2D eigenvalue weighted by Gasteiger charge is 2.38. The van der Waals surface area contributed by atoms with Gasteiger partial charge in [-0.15, -0.1) is 0 Å². The fourth-order valence-electron chi connectivity index (χ4n) is 3.31. The van der Waals surface area contributed by atoms with Gasteiger partial charge in [0, 0.05) is 18.8 Å². The van der Waals surface area contributed by atoms with E-state index >= 15 is 0 Å². The molecule has 1 aliphatic heterocycles. The molecule has 204 valence electrons. The molecule has 2 N–H and O–H groups in total. The summed E-state index contributed by atoms with van der Waals surface area (Å²) < 4.78 is 142. The molecule has 1 atom stereocenters. The summed E-state index contributed by atoms with van der Waals surface area (Å²) >= 11 is 0. The zero-order valence-corrected chi connectivity index (χ0v) is 18.9. The van der Waals surface area contributed by atoms with Gasteiger partial charge in [-0.3, -0.25) is 4.84 Å². The van der Waals surface area contributed by atoms with Gasteiger partial charge in [0.1, 0.15) is 6.10 Å². The average molecular weight is 565 g/mol. The van der Waals surface area contributed by atoms with E-state index in [2.05, 4.69) is 0 Å². The Bertz CT molecular complexity index is 1230. The van der Waals surface area contributed by atoms with Gasteiger partial charge in [0.15, 0.2) is 0 Å². The van der Waals surface area contributed by atoms with Crippen LogP contribution in [-0.4, -0.2) is 37.9 Å². The second kappa shape index (κ2) is 10.0.